The summed E-state index contributed by atoms with van der Waals surface area (Å²) >= 11 is 0. The van der Waals surface area contributed by atoms with E-state index in [9.17, 15) is 0 Å². The lowest BCUT2D eigenvalue weighted by Gasteiger charge is -2.03. The van der Waals surface area contributed by atoms with Gasteiger partial charge in [0.25, 0.3) is 0 Å². The number of fused-ring (bicyclic) bond motifs is 2. The lowest BCUT2D eigenvalue weighted by Crippen LogP contribution is -1.94. The average molecular weight is 225 g/mol. The maximum absolute atomic E-state index is 3.40. The summed E-state index contributed by atoms with van der Waals surface area (Å²) in [5, 5.41) is 3.40. The van der Waals surface area contributed by atoms with Crippen LogP contribution in [0, 0.1) is 0 Å². The molecule has 17 heavy (non-hydrogen) atoms. The molecule has 3 heteroatoms. The van der Waals surface area contributed by atoms with E-state index in [4.69, 9.17) is 0 Å². The Bertz CT molecular complexity index is 726. The Hall–Kier alpha value is -2.16. The zero-order chi connectivity index (χ0) is 11.8. The van der Waals surface area contributed by atoms with Gasteiger partial charge in [-0.15, -0.1) is 0 Å². The SMILES string of the molecule is Cn1[nH]c2ccccc2n(C)c2ccccc21. The highest BCUT2D eigenvalue weighted by Gasteiger charge is 2.00. The van der Waals surface area contributed by atoms with E-state index in [1.165, 1.54) is 16.6 Å². The van der Waals surface area contributed by atoms with Gasteiger partial charge in [-0.3, -0.25) is 9.78 Å². The Morgan fingerprint density at radius 2 is 1.35 bits per heavy atom. The monoisotopic (exact) mass is 225 g/mol. The molecule has 0 aliphatic carbocycles. The molecule has 0 amide bonds. The fourth-order valence-electron chi connectivity index (χ4n) is 2.26. The second kappa shape index (κ2) is 3.70. The van der Waals surface area contributed by atoms with E-state index in [1.807, 2.05) is 13.1 Å². The van der Waals surface area contributed by atoms with Gasteiger partial charge in [-0.2, -0.15) is 0 Å². The maximum Gasteiger partial charge on any atom is 0.0805 e. The average Bonchev–Trinajstić information content (AvgIpc) is 2.48. The molecule has 3 rings (SSSR count). The summed E-state index contributed by atoms with van der Waals surface area (Å²) in [5.74, 6) is 0. The molecule has 0 aliphatic heterocycles. The Morgan fingerprint density at radius 1 is 0.765 bits per heavy atom. The molecule has 1 N–H and O–H groups in total. The van der Waals surface area contributed by atoms with Crippen molar-refractivity contribution in [1.29, 1.82) is 0 Å². The number of nitrogens with one attached hydrogen (secondary N) is 1. The van der Waals surface area contributed by atoms with Crippen molar-refractivity contribution in [3.63, 3.8) is 0 Å². The minimum atomic E-state index is 1.12. The first-order chi connectivity index (χ1) is 8.27. The molecule has 0 bridgehead atoms. The molecule has 86 valence electrons. The lowest BCUT2D eigenvalue weighted by atomic mass is 10.3. The molecule has 0 saturated carbocycles. The van der Waals surface area contributed by atoms with Crippen molar-refractivity contribution >= 4 is 22.1 Å². The minimum absolute atomic E-state index is 1.12. The smallest absolute Gasteiger partial charge is 0.0805 e. The third kappa shape index (κ3) is 1.51. The van der Waals surface area contributed by atoms with Crippen LogP contribution in [0.15, 0.2) is 48.5 Å². The molecular weight excluding hydrogens is 210 g/mol. The van der Waals surface area contributed by atoms with Crippen molar-refractivity contribution in [2.75, 3.05) is 0 Å². The summed E-state index contributed by atoms with van der Waals surface area (Å²) in [7, 11) is 4.13. The predicted octanol–water partition coefficient (Wildman–Crippen LogP) is 3.12. The van der Waals surface area contributed by atoms with Crippen molar-refractivity contribution in [3.05, 3.63) is 48.5 Å². The summed E-state index contributed by atoms with van der Waals surface area (Å²) in [6.45, 7) is 0. The molecule has 0 atom stereocenters. The van der Waals surface area contributed by atoms with E-state index >= 15 is 0 Å². The standard InChI is InChI=1S/C14H15N3/c1-16-12-8-4-3-7-11(12)15-17(2)14-10-6-5-9-13(14)16/h3-10,15H,1-2H3. The second-order valence-corrected chi connectivity index (χ2v) is 4.24. The van der Waals surface area contributed by atoms with Crippen molar-refractivity contribution in [2.45, 2.75) is 0 Å². The van der Waals surface area contributed by atoms with Gasteiger partial charge in [0.15, 0.2) is 0 Å². The van der Waals surface area contributed by atoms with E-state index in [2.05, 4.69) is 63.9 Å². The molecule has 3 aromatic rings. The highest BCUT2D eigenvalue weighted by molar-refractivity contribution is 5.82. The summed E-state index contributed by atoms with van der Waals surface area (Å²) in [6.07, 6.45) is 0. The Labute approximate surface area is 99.6 Å². The number of nitrogens with zero attached hydrogens (tertiary/aromatic N) is 2. The topological polar surface area (TPSA) is 25.6 Å². The number of H-pyrrole nitrogens is 1. The molecule has 0 spiro atoms. The molecule has 0 fully saturated rings. The van der Waals surface area contributed by atoms with Gasteiger partial charge < -0.3 is 4.57 Å². The summed E-state index contributed by atoms with van der Waals surface area (Å²) < 4.78 is 4.26. The fourth-order valence-corrected chi connectivity index (χ4v) is 2.26. The maximum atomic E-state index is 3.40. The molecule has 0 aliphatic rings. The van der Waals surface area contributed by atoms with Crippen LogP contribution >= 0.6 is 0 Å². The zero-order valence-corrected chi connectivity index (χ0v) is 10.0. The van der Waals surface area contributed by atoms with Gasteiger partial charge in [0.05, 0.1) is 22.1 Å². The molecule has 1 aromatic heterocycles. The van der Waals surface area contributed by atoms with Gasteiger partial charge in [-0.25, -0.2) is 0 Å². The largest absolute Gasteiger partial charge is 0.341 e. The number of hydrogen-bond donors (Lipinski definition) is 1. The highest BCUT2D eigenvalue weighted by Crippen LogP contribution is 2.16. The van der Waals surface area contributed by atoms with Crippen molar-refractivity contribution in [2.24, 2.45) is 14.1 Å². The van der Waals surface area contributed by atoms with E-state index in [-0.39, 0.29) is 0 Å². The minimum Gasteiger partial charge on any atom is -0.341 e. The van der Waals surface area contributed by atoms with Crippen LogP contribution in [0.25, 0.3) is 22.1 Å². The van der Waals surface area contributed by atoms with Crippen molar-refractivity contribution in [1.82, 2.24) is 14.3 Å². The van der Waals surface area contributed by atoms with E-state index in [0.717, 1.165) is 5.52 Å². The van der Waals surface area contributed by atoms with Crippen molar-refractivity contribution < 1.29 is 0 Å². The molecule has 0 unspecified atom stereocenters. The van der Waals surface area contributed by atoms with Crippen LogP contribution in [0.5, 0.6) is 0 Å². The predicted molar refractivity (Wildman–Crippen MR) is 71.4 cm³/mol. The molecular formula is C14H15N3. The van der Waals surface area contributed by atoms with Crippen LogP contribution in [-0.4, -0.2) is 14.3 Å². The van der Waals surface area contributed by atoms with Crippen LogP contribution in [0.1, 0.15) is 0 Å². The fraction of sp³-hybridized carbons (Fsp3) is 0.143. The Kier molecular flexibility index (Phi) is 2.18. The number of para-hydroxylation sites is 4. The number of aromatic amines is 1. The van der Waals surface area contributed by atoms with Crippen molar-refractivity contribution in [3.8, 4) is 0 Å². The highest BCUT2D eigenvalue weighted by atomic mass is 15.3. The molecule has 1 heterocycles. The van der Waals surface area contributed by atoms with Gasteiger partial charge in [0.2, 0.25) is 0 Å². The number of rotatable bonds is 0. The summed E-state index contributed by atoms with van der Waals surface area (Å²) in [4.78, 5) is 0. The number of aryl methyl sites for hydroxylation is 2. The first kappa shape index (κ1) is 10.0. The first-order valence-corrected chi connectivity index (χ1v) is 5.69. The van der Waals surface area contributed by atoms with Crippen LogP contribution in [0.4, 0.5) is 0 Å². The first-order valence-electron chi connectivity index (χ1n) is 5.69. The number of hydrogen-bond acceptors (Lipinski definition) is 0. The quantitative estimate of drug-likeness (QED) is 0.608. The normalized spacial score (nSPS) is 10.9. The molecule has 0 saturated heterocycles. The second-order valence-electron chi connectivity index (χ2n) is 4.24. The third-order valence-electron chi connectivity index (χ3n) is 3.16. The molecule has 0 radical (unpaired) electrons. The van der Waals surface area contributed by atoms with Gasteiger partial charge >= 0.3 is 0 Å². The van der Waals surface area contributed by atoms with Gasteiger partial charge in [-0.05, 0) is 24.3 Å². The molecule has 3 nitrogen and oxygen atoms in total. The molecule has 2 aromatic carbocycles. The zero-order valence-electron chi connectivity index (χ0n) is 10.0. The Balaban J connectivity index is 2.68. The van der Waals surface area contributed by atoms with Crippen LogP contribution < -0.4 is 0 Å². The van der Waals surface area contributed by atoms with Gasteiger partial charge in [0.1, 0.15) is 0 Å². The number of aromatic nitrogens is 3. The lowest BCUT2D eigenvalue weighted by molar-refractivity contribution is 0.800. The summed E-state index contributed by atoms with van der Waals surface area (Å²) in [6, 6.07) is 16.7. The van der Waals surface area contributed by atoms with Crippen LogP contribution in [-0.2, 0) is 14.1 Å². The number of benzene rings is 2. The van der Waals surface area contributed by atoms with E-state index in [1.54, 1.807) is 0 Å². The van der Waals surface area contributed by atoms with E-state index < -0.39 is 0 Å². The third-order valence-corrected chi connectivity index (χ3v) is 3.16. The van der Waals surface area contributed by atoms with Gasteiger partial charge in [-0.1, -0.05) is 24.3 Å². The summed E-state index contributed by atoms with van der Waals surface area (Å²) in [5.41, 5.74) is 4.68. The van der Waals surface area contributed by atoms with Gasteiger partial charge in [0, 0.05) is 14.1 Å². The van der Waals surface area contributed by atoms with Crippen LogP contribution in [0.2, 0.25) is 0 Å². The Morgan fingerprint density at radius 3 is 2.12 bits per heavy atom. The van der Waals surface area contributed by atoms with E-state index in [0.29, 0.717) is 0 Å². The van der Waals surface area contributed by atoms with Crippen LogP contribution in [0.3, 0.4) is 0 Å².